The highest BCUT2D eigenvalue weighted by Crippen LogP contribution is 2.37. The van der Waals surface area contributed by atoms with Crippen LogP contribution < -0.4 is 20.5 Å². The normalized spacial score (nSPS) is 21.9. The van der Waals surface area contributed by atoms with Gasteiger partial charge >= 0.3 is 0 Å². The van der Waals surface area contributed by atoms with Gasteiger partial charge < -0.3 is 19.9 Å². The lowest BCUT2D eigenvalue weighted by atomic mass is 9.81. The van der Waals surface area contributed by atoms with E-state index in [2.05, 4.69) is 31.2 Å². The highest BCUT2D eigenvalue weighted by atomic mass is 16.5. The third-order valence-corrected chi connectivity index (χ3v) is 7.40. The molecule has 2 N–H and O–H groups in total. The van der Waals surface area contributed by atoms with Gasteiger partial charge in [0.05, 0.1) is 29.5 Å². The fraction of sp³-hybridized carbons (Fsp3) is 0.440. The van der Waals surface area contributed by atoms with Crippen LogP contribution in [-0.2, 0) is 13.0 Å². The minimum absolute atomic E-state index is 0.162. The van der Waals surface area contributed by atoms with Gasteiger partial charge in [-0.05, 0) is 49.4 Å². The van der Waals surface area contributed by atoms with Gasteiger partial charge in [-0.2, -0.15) is 0 Å². The van der Waals surface area contributed by atoms with Crippen molar-refractivity contribution in [2.24, 2.45) is 0 Å². The molecule has 6 rings (SSSR count). The third-order valence-electron chi connectivity index (χ3n) is 7.40. The van der Waals surface area contributed by atoms with Crippen LogP contribution in [0.15, 0.2) is 35.4 Å². The van der Waals surface area contributed by atoms with Crippen LogP contribution in [0.5, 0.6) is 5.75 Å². The van der Waals surface area contributed by atoms with Crippen molar-refractivity contribution in [2.45, 2.75) is 44.3 Å². The highest BCUT2D eigenvalue weighted by Gasteiger charge is 2.43. The zero-order valence-corrected chi connectivity index (χ0v) is 19.2. The van der Waals surface area contributed by atoms with Gasteiger partial charge in [-0.25, -0.2) is 4.98 Å². The van der Waals surface area contributed by atoms with Gasteiger partial charge in [0.2, 0.25) is 0 Å². The predicted molar refractivity (Wildman–Crippen MR) is 128 cm³/mol. The lowest BCUT2D eigenvalue weighted by Crippen LogP contribution is -2.64. The van der Waals surface area contributed by atoms with Crippen molar-refractivity contribution in [1.29, 1.82) is 0 Å². The topological polar surface area (TPSA) is 103 Å². The summed E-state index contributed by atoms with van der Waals surface area (Å²) < 4.78 is 5.60. The summed E-state index contributed by atoms with van der Waals surface area (Å²) in [6.07, 6.45) is 7.79. The van der Waals surface area contributed by atoms with E-state index in [9.17, 15) is 9.59 Å². The summed E-state index contributed by atoms with van der Waals surface area (Å²) in [5.74, 6) is 0.265. The Morgan fingerprint density at radius 2 is 2.09 bits per heavy atom. The SMILES string of the molecule is CNC(=O)c1ccc(N2CCN(Cc3cnc4c5c(c(=O)[nH]c4c3)OCCC5)[C@@H]3CC[C@@H]32)cn1. The fourth-order valence-corrected chi connectivity index (χ4v) is 5.55. The van der Waals surface area contributed by atoms with Gasteiger partial charge in [-0.15, -0.1) is 0 Å². The fourth-order valence-electron chi connectivity index (χ4n) is 5.55. The van der Waals surface area contributed by atoms with E-state index in [1.807, 2.05) is 18.5 Å². The average molecular weight is 461 g/mol. The molecule has 1 aliphatic carbocycles. The number of carbonyl (C=O) groups excluding carboxylic acids is 1. The van der Waals surface area contributed by atoms with Crippen LogP contribution in [0.3, 0.4) is 0 Å². The molecule has 3 aliphatic rings. The van der Waals surface area contributed by atoms with Gasteiger partial charge in [0.15, 0.2) is 5.75 Å². The molecule has 34 heavy (non-hydrogen) atoms. The van der Waals surface area contributed by atoms with Crippen molar-refractivity contribution in [3.8, 4) is 5.75 Å². The monoisotopic (exact) mass is 460 g/mol. The second-order valence-electron chi connectivity index (χ2n) is 9.31. The summed E-state index contributed by atoms with van der Waals surface area (Å²) in [6.45, 7) is 3.24. The smallest absolute Gasteiger partial charge is 0.291 e. The number of nitrogens with zero attached hydrogens (tertiary/aromatic N) is 4. The van der Waals surface area contributed by atoms with Crippen LogP contribution in [0.1, 0.15) is 40.9 Å². The Labute approximate surface area is 197 Å². The Kier molecular flexibility index (Phi) is 5.21. The zero-order valence-electron chi connectivity index (χ0n) is 19.2. The van der Waals surface area contributed by atoms with Crippen molar-refractivity contribution in [1.82, 2.24) is 25.2 Å². The van der Waals surface area contributed by atoms with E-state index in [-0.39, 0.29) is 11.5 Å². The molecule has 3 aromatic heterocycles. The van der Waals surface area contributed by atoms with E-state index >= 15 is 0 Å². The average Bonchev–Trinajstić information content (AvgIpc) is 2.84. The summed E-state index contributed by atoms with van der Waals surface area (Å²) >= 11 is 0. The first-order chi connectivity index (χ1) is 16.6. The minimum atomic E-state index is -0.170. The van der Waals surface area contributed by atoms with Crippen molar-refractivity contribution in [3.63, 3.8) is 0 Å². The molecule has 0 unspecified atom stereocenters. The highest BCUT2D eigenvalue weighted by molar-refractivity contribution is 5.92. The Balaban J connectivity index is 1.19. The van der Waals surface area contributed by atoms with Crippen LogP contribution in [-0.4, -0.2) is 64.6 Å². The Bertz CT molecular complexity index is 1300. The molecule has 2 atom stereocenters. The van der Waals surface area contributed by atoms with Crippen LogP contribution in [0, 0.1) is 0 Å². The molecule has 9 heteroatoms. The van der Waals surface area contributed by atoms with Crippen LogP contribution in [0.4, 0.5) is 5.69 Å². The molecule has 2 aliphatic heterocycles. The van der Waals surface area contributed by atoms with E-state index in [0.29, 0.717) is 30.1 Å². The first-order valence-corrected chi connectivity index (χ1v) is 12.0. The van der Waals surface area contributed by atoms with E-state index < -0.39 is 0 Å². The number of hydrogen-bond donors (Lipinski definition) is 2. The Hall–Kier alpha value is -3.46. The van der Waals surface area contributed by atoms with Crippen molar-refractivity contribution < 1.29 is 9.53 Å². The quantitative estimate of drug-likeness (QED) is 0.613. The number of nitrogens with one attached hydrogen (secondary N) is 2. The Morgan fingerprint density at radius 3 is 2.85 bits per heavy atom. The number of H-pyrrole nitrogens is 1. The number of piperazine rings is 1. The van der Waals surface area contributed by atoms with Crippen LogP contribution >= 0.6 is 0 Å². The lowest BCUT2D eigenvalue weighted by molar-refractivity contribution is 0.0658. The van der Waals surface area contributed by atoms with Crippen LogP contribution in [0.25, 0.3) is 11.0 Å². The van der Waals surface area contributed by atoms with Crippen LogP contribution in [0.2, 0.25) is 0 Å². The maximum atomic E-state index is 12.5. The van der Waals surface area contributed by atoms with Gasteiger partial charge in [-0.3, -0.25) is 19.5 Å². The molecule has 176 valence electrons. The van der Waals surface area contributed by atoms with Crippen molar-refractivity contribution in [3.05, 3.63) is 57.8 Å². The number of amides is 1. The summed E-state index contributed by atoms with van der Waals surface area (Å²) in [5, 5.41) is 2.61. The third kappa shape index (κ3) is 3.51. The van der Waals surface area contributed by atoms with E-state index in [1.54, 1.807) is 13.1 Å². The molecule has 1 saturated carbocycles. The van der Waals surface area contributed by atoms with E-state index in [0.717, 1.165) is 73.2 Å². The first-order valence-electron chi connectivity index (χ1n) is 12.0. The predicted octanol–water partition coefficient (Wildman–Crippen LogP) is 1.86. The molecule has 0 bridgehead atoms. The maximum Gasteiger partial charge on any atom is 0.291 e. The zero-order chi connectivity index (χ0) is 23.2. The summed E-state index contributed by atoms with van der Waals surface area (Å²) in [7, 11) is 1.61. The van der Waals surface area contributed by atoms with Crippen molar-refractivity contribution in [2.75, 3.05) is 31.6 Å². The number of rotatable bonds is 4. The molecular weight excluding hydrogens is 432 g/mol. The summed E-state index contributed by atoms with van der Waals surface area (Å²) in [4.78, 5) is 41.3. The molecule has 1 amide bonds. The molecule has 0 aromatic carbocycles. The molecule has 3 aromatic rings. The number of aromatic nitrogens is 3. The van der Waals surface area contributed by atoms with Gasteiger partial charge in [-0.1, -0.05) is 0 Å². The maximum absolute atomic E-state index is 12.5. The number of anilines is 1. The van der Waals surface area contributed by atoms with E-state index in [1.165, 1.54) is 0 Å². The Morgan fingerprint density at radius 1 is 1.21 bits per heavy atom. The van der Waals surface area contributed by atoms with E-state index in [4.69, 9.17) is 9.72 Å². The van der Waals surface area contributed by atoms with Crippen molar-refractivity contribution >= 4 is 22.6 Å². The number of pyridine rings is 3. The number of carbonyl (C=O) groups is 1. The lowest BCUT2D eigenvalue weighted by Gasteiger charge is -2.54. The van der Waals surface area contributed by atoms with Gasteiger partial charge in [0.25, 0.3) is 11.5 Å². The number of ether oxygens (including phenoxy) is 1. The largest absolute Gasteiger partial charge is 0.488 e. The minimum Gasteiger partial charge on any atom is -0.488 e. The standard InChI is InChI=1S/C25H28N6O3/c1-26-24(32)18-5-4-16(13-27-18)31-9-8-30(20-6-7-21(20)31)14-15-11-19-22(28-12-15)17-3-2-10-34-23(17)25(33)29-19/h4-5,11-13,20-21H,2-3,6-10,14H2,1H3,(H,26,32)(H,29,33)/t20-,21+/m1/s1. The second kappa shape index (κ2) is 8.39. The molecule has 9 nitrogen and oxygen atoms in total. The number of fused-ring (bicyclic) bond motifs is 4. The second-order valence-corrected chi connectivity index (χ2v) is 9.31. The van der Waals surface area contributed by atoms with Gasteiger partial charge in [0.1, 0.15) is 5.69 Å². The molecule has 1 saturated heterocycles. The molecule has 5 heterocycles. The first kappa shape index (κ1) is 21.1. The molecule has 2 fully saturated rings. The molecule has 0 spiro atoms. The number of aromatic amines is 1. The summed E-state index contributed by atoms with van der Waals surface area (Å²) in [5.41, 5.74) is 5.01. The number of aryl methyl sites for hydroxylation is 1. The molecular formula is C25H28N6O3. The molecule has 0 radical (unpaired) electrons. The number of hydrogen-bond acceptors (Lipinski definition) is 7. The van der Waals surface area contributed by atoms with Gasteiger partial charge in [0, 0.05) is 50.5 Å². The summed E-state index contributed by atoms with van der Waals surface area (Å²) in [6, 6.07) is 6.77.